The summed E-state index contributed by atoms with van der Waals surface area (Å²) in [6, 6.07) is 10.7. The van der Waals surface area contributed by atoms with E-state index >= 15 is 0 Å². The number of likely N-dealkylation sites (tertiary alicyclic amines) is 1. The smallest absolute Gasteiger partial charge is 0.289 e. The van der Waals surface area contributed by atoms with E-state index in [1.54, 1.807) is 24.3 Å². The zero-order valence-corrected chi connectivity index (χ0v) is 13.0. The molecule has 1 fully saturated rings. The number of amides is 1. The second kappa shape index (κ2) is 6.88. The number of benzene rings is 1. The molecule has 0 spiro atoms. The predicted molar refractivity (Wildman–Crippen MR) is 84.2 cm³/mol. The zero-order valence-electron chi connectivity index (χ0n) is 12.3. The first-order valence-electron chi connectivity index (χ1n) is 7.49. The topological polar surface area (TPSA) is 42.7 Å². The number of carbonyl (C=O) groups is 1. The van der Waals surface area contributed by atoms with Gasteiger partial charge in [0.05, 0.1) is 0 Å². The highest BCUT2D eigenvalue weighted by molar-refractivity contribution is 6.30. The van der Waals surface area contributed by atoms with Crippen LogP contribution in [0.4, 0.5) is 0 Å². The van der Waals surface area contributed by atoms with Crippen LogP contribution in [0.15, 0.2) is 40.8 Å². The molecule has 22 heavy (non-hydrogen) atoms. The lowest BCUT2D eigenvalue weighted by Gasteiger charge is -2.25. The van der Waals surface area contributed by atoms with E-state index in [0.717, 1.165) is 25.9 Å². The van der Waals surface area contributed by atoms with Gasteiger partial charge in [-0.2, -0.15) is 0 Å². The quantitative estimate of drug-likeness (QED) is 0.850. The van der Waals surface area contributed by atoms with E-state index in [-0.39, 0.29) is 12.5 Å². The molecule has 1 aliphatic rings. The molecule has 116 valence electrons. The number of piperidine rings is 1. The van der Waals surface area contributed by atoms with Crippen molar-refractivity contribution in [3.8, 4) is 5.75 Å². The summed E-state index contributed by atoms with van der Waals surface area (Å²) < 4.78 is 11.2. The Balaban J connectivity index is 1.60. The van der Waals surface area contributed by atoms with Crippen LogP contribution < -0.4 is 4.74 Å². The fraction of sp³-hybridized carbons (Fsp3) is 0.353. The number of ether oxygens (including phenoxy) is 1. The molecule has 4 nitrogen and oxygen atoms in total. The van der Waals surface area contributed by atoms with Gasteiger partial charge in [-0.1, -0.05) is 17.7 Å². The number of rotatable bonds is 4. The minimum Gasteiger partial charge on any atom is -0.486 e. The van der Waals surface area contributed by atoms with Crippen molar-refractivity contribution in [3.05, 3.63) is 52.9 Å². The summed E-state index contributed by atoms with van der Waals surface area (Å²) in [6.45, 7) is 1.90. The summed E-state index contributed by atoms with van der Waals surface area (Å²) in [5.74, 6) is 1.65. The number of hydrogen-bond acceptors (Lipinski definition) is 3. The Bertz CT molecular complexity index is 647. The maximum atomic E-state index is 12.3. The van der Waals surface area contributed by atoms with Gasteiger partial charge in [0.25, 0.3) is 5.91 Å². The standard InChI is InChI=1S/C17H18ClNO3/c18-13-5-4-6-14(11-13)21-12-15-7-8-16(22-15)17(20)19-9-2-1-3-10-19/h4-8,11H,1-3,9-10,12H2. The minimum atomic E-state index is -0.0336. The molecule has 0 saturated carbocycles. The van der Waals surface area contributed by atoms with E-state index < -0.39 is 0 Å². The van der Waals surface area contributed by atoms with Gasteiger partial charge in [0, 0.05) is 18.1 Å². The van der Waals surface area contributed by atoms with Crippen molar-refractivity contribution in [2.75, 3.05) is 13.1 Å². The predicted octanol–water partition coefficient (Wildman–Crippen LogP) is 4.14. The molecule has 2 aromatic rings. The molecule has 1 saturated heterocycles. The Kier molecular flexibility index (Phi) is 4.68. The number of hydrogen-bond donors (Lipinski definition) is 0. The van der Waals surface area contributed by atoms with Crippen molar-refractivity contribution >= 4 is 17.5 Å². The molecule has 0 radical (unpaired) electrons. The average Bonchev–Trinajstić information content (AvgIpc) is 3.02. The SMILES string of the molecule is O=C(c1ccc(COc2cccc(Cl)c2)o1)N1CCCCC1. The molecular weight excluding hydrogens is 302 g/mol. The normalized spacial score (nSPS) is 14.9. The third-order valence-corrected chi connectivity index (χ3v) is 3.93. The van der Waals surface area contributed by atoms with E-state index in [2.05, 4.69) is 0 Å². The van der Waals surface area contributed by atoms with Crippen LogP contribution in [0.25, 0.3) is 0 Å². The van der Waals surface area contributed by atoms with Gasteiger partial charge in [-0.05, 0) is 49.6 Å². The molecule has 0 N–H and O–H groups in total. The van der Waals surface area contributed by atoms with Crippen LogP contribution in [0.5, 0.6) is 5.75 Å². The van der Waals surface area contributed by atoms with Crippen molar-refractivity contribution in [3.63, 3.8) is 0 Å². The molecule has 0 unspecified atom stereocenters. The first kappa shape index (κ1) is 15.0. The van der Waals surface area contributed by atoms with Crippen molar-refractivity contribution in [1.29, 1.82) is 0 Å². The molecule has 3 rings (SSSR count). The monoisotopic (exact) mass is 319 g/mol. The van der Waals surface area contributed by atoms with Crippen LogP contribution in [-0.4, -0.2) is 23.9 Å². The molecule has 1 aromatic heterocycles. The van der Waals surface area contributed by atoms with Crippen molar-refractivity contribution in [1.82, 2.24) is 4.90 Å². The molecule has 5 heteroatoms. The summed E-state index contributed by atoms with van der Waals surface area (Å²) in [6.07, 6.45) is 3.33. The Labute approximate surface area is 134 Å². The van der Waals surface area contributed by atoms with Crippen LogP contribution in [-0.2, 0) is 6.61 Å². The van der Waals surface area contributed by atoms with E-state index in [4.69, 9.17) is 20.8 Å². The van der Waals surface area contributed by atoms with Crippen LogP contribution >= 0.6 is 11.6 Å². The summed E-state index contributed by atoms with van der Waals surface area (Å²) in [7, 11) is 0. The summed E-state index contributed by atoms with van der Waals surface area (Å²) in [4.78, 5) is 14.2. The largest absolute Gasteiger partial charge is 0.486 e. The van der Waals surface area contributed by atoms with Crippen LogP contribution in [0.1, 0.15) is 35.6 Å². The molecule has 0 atom stereocenters. The van der Waals surface area contributed by atoms with Gasteiger partial charge in [0.2, 0.25) is 0 Å². The van der Waals surface area contributed by atoms with E-state index in [9.17, 15) is 4.79 Å². The van der Waals surface area contributed by atoms with Crippen molar-refractivity contribution in [2.24, 2.45) is 0 Å². The maximum Gasteiger partial charge on any atom is 0.289 e. The van der Waals surface area contributed by atoms with Crippen LogP contribution in [0.3, 0.4) is 0 Å². The highest BCUT2D eigenvalue weighted by atomic mass is 35.5. The second-order valence-electron chi connectivity index (χ2n) is 5.36. The first-order valence-corrected chi connectivity index (χ1v) is 7.86. The van der Waals surface area contributed by atoms with Gasteiger partial charge in [-0.15, -0.1) is 0 Å². The summed E-state index contributed by atoms with van der Waals surface area (Å²) in [5.41, 5.74) is 0. The average molecular weight is 320 g/mol. The number of furan rings is 1. The first-order chi connectivity index (χ1) is 10.7. The van der Waals surface area contributed by atoms with Gasteiger partial charge >= 0.3 is 0 Å². The van der Waals surface area contributed by atoms with Crippen molar-refractivity contribution < 1.29 is 13.9 Å². The molecule has 1 aromatic carbocycles. The lowest BCUT2D eigenvalue weighted by atomic mass is 10.1. The van der Waals surface area contributed by atoms with E-state index in [0.29, 0.717) is 22.3 Å². The fourth-order valence-electron chi connectivity index (χ4n) is 2.53. The number of carbonyl (C=O) groups excluding carboxylic acids is 1. The van der Waals surface area contributed by atoms with Crippen LogP contribution in [0, 0.1) is 0 Å². The third kappa shape index (κ3) is 3.63. The Morgan fingerprint density at radius 3 is 2.77 bits per heavy atom. The Morgan fingerprint density at radius 2 is 2.00 bits per heavy atom. The molecular formula is C17H18ClNO3. The van der Waals surface area contributed by atoms with E-state index in [1.165, 1.54) is 6.42 Å². The van der Waals surface area contributed by atoms with Gasteiger partial charge in [0.1, 0.15) is 18.1 Å². The van der Waals surface area contributed by atoms with Crippen molar-refractivity contribution in [2.45, 2.75) is 25.9 Å². The molecule has 0 aliphatic carbocycles. The van der Waals surface area contributed by atoms with Gasteiger partial charge < -0.3 is 14.1 Å². The van der Waals surface area contributed by atoms with Gasteiger partial charge in [-0.25, -0.2) is 0 Å². The Hall–Kier alpha value is -1.94. The molecule has 1 amide bonds. The second-order valence-corrected chi connectivity index (χ2v) is 5.80. The van der Waals surface area contributed by atoms with Crippen LogP contribution in [0.2, 0.25) is 5.02 Å². The highest BCUT2D eigenvalue weighted by Gasteiger charge is 2.21. The molecule has 0 bridgehead atoms. The van der Waals surface area contributed by atoms with Gasteiger partial charge in [-0.3, -0.25) is 4.79 Å². The fourth-order valence-corrected chi connectivity index (χ4v) is 2.71. The zero-order chi connectivity index (χ0) is 15.4. The highest BCUT2D eigenvalue weighted by Crippen LogP contribution is 2.20. The molecule has 1 aliphatic heterocycles. The lowest BCUT2D eigenvalue weighted by Crippen LogP contribution is -2.35. The Morgan fingerprint density at radius 1 is 1.18 bits per heavy atom. The van der Waals surface area contributed by atoms with E-state index in [1.807, 2.05) is 17.0 Å². The number of halogens is 1. The lowest BCUT2D eigenvalue weighted by molar-refractivity contribution is 0.0688. The third-order valence-electron chi connectivity index (χ3n) is 3.69. The molecule has 2 heterocycles. The summed E-state index contributed by atoms with van der Waals surface area (Å²) in [5, 5.41) is 0.623. The number of nitrogens with zero attached hydrogens (tertiary/aromatic N) is 1. The maximum absolute atomic E-state index is 12.3. The minimum absolute atomic E-state index is 0.0336. The summed E-state index contributed by atoms with van der Waals surface area (Å²) >= 11 is 5.90. The van der Waals surface area contributed by atoms with Gasteiger partial charge in [0.15, 0.2) is 5.76 Å².